The first-order chi connectivity index (χ1) is 7.47. The maximum absolute atomic E-state index is 13.6. The van der Waals surface area contributed by atoms with Gasteiger partial charge in [-0.05, 0) is 24.1 Å². The topological polar surface area (TPSA) is 26.3 Å². The van der Waals surface area contributed by atoms with E-state index in [2.05, 4.69) is 4.74 Å². The number of esters is 1. The molecule has 1 aromatic carbocycles. The number of benzene rings is 1. The molecule has 0 fully saturated rings. The molecular weight excluding hydrogens is 231 g/mol. The maximum Gasteiger partial charge on any atom is 0.313 e. The monoisotopic (exact) mass is 244 g/mol. The molecule has 1 rings (SSSR count). The highest BCUT2D eigenvalue weighted by molar-refractivity contribution is 6.30. The highest BCUT2D eigenvalue weighted by Gasteiger charge is 2.27. The summed E-state index contributed by atoms with van der Waals surface area (Å²) in [6.07, 6.45) is 0. The molecular formula is C12H14ClFO2. The Morgan fingerprint density at radius 2 is 2.06 bits per heavy atom. The molecule has 0 saturated heterocycles. The second-order valence-electron chi connectivity index (χ2n) is 3.91. The van der Waals surface area contributed by atoms with Crippen LogP contribution in [0.1, 0.15) is 25.3 Å². The largest absolute Gasteiger partial charge is 0.469 e. The second-order valence-corrected chi connectivity index (χ2v) is 4.35. The highest BCUT2D eigenvalue weighted by Crippen LogP contribution is 2.29. The summed E-state index contributed by atoms with van der Waals surface area (Å²) < 4.78 is 18.3. The van der Waals surface area contributed by atoms with Gasteiger partial charge in [-0.1, -0.05) is 25.4 Å². The zero-order chi connectivity index (χ0) is 12.3. The van der Waals surface area contributed by atoms with Crippen LogP contribution in [0.4, 0.5) is 4.39 Å². The minimum absolute atomic E-state index is 0.0552. The zero-order valence-corrected chi connectivity index (χ0v) is 10.2. The highest BCUT2D eigenvalue weighted by atomic mass is 35.5. The molecule has 0 N–H and O–H groups in total. The van der Waals surface area contributed by atoms with Crippen molar-refractivity contribution in [3.63, 3.8) is 0 Å². The van der Waals surface area contributed by atoms with E-state index < -0.39 is 17.7 Å². The molecule has 0 heterocycles. The first-order valence-electron chi connectivity index (χ1n) is 5.00. The van der Waals surface area contributed by atoms with Gasteiger partial charge in [0.2, 0.25) is 0 Å². The fourth-order valence-electron chi connectivity index (χ4n) is 1.64. The van der Waals surface area contributed by atoms with E-state index in [-0.39, 0.29) is 11.5 Å². The summed E-state index contributed by atoms with van der Waals surface area (Å²) in [7, 11) is 1.29. The van der Waals surface area contributed by atoms with Gasteiger partial charge < -0.3 is 4.74 Å². The molecule has 0 saturated carbocycles. The summed E-state index contributed by atoms with van der Waals surface area (Å²) in [4.78, 5) is 11.6. The molecule has 0 spiro atoms. The van der Waals surface area contributed by atoms with Gasteiger partial charge in [-0.3, -0.25) is 4.79 Å². The first-order valence-corrected chi connectivity index (χ1v) is 5.38. The quantitative estimate of drug-likeness (QED) is 0.762. The normalized spacial score (nSPS) is 12.6. The predicted octanol–water partition coefficient (Wildman–Crippen LogP) is 3.39. The predicted molar refractivity (Wildman–Crippen MR) is 61.0 cm³/mol. The Morgan fingerprint density at radius 1 is 1.44 bits per heavy atom. The van der Waals surface area contributed by atoms with Crippen LogP contribution >= 0.6 is 11.6 Å². The van der Waals surface area contributed by atoms with Crippen LogP contribution in [0.3, 0.4) is 0 Å². The third-order valence-electron chi connectivity index (χ3n) is 2.41. The fraction of sp³-hybridized carbons (Fsp3) is 0.417. The van der Waals surface area contributed by atoms with Crippen molar-refractivity contribution in [3.8, 4) is 0 Å². The molecule has 1 atom stereocenters. The molecule has 0 aliphatic heterocycles. The van der Waals surface area contributed by atoms with Gasteiger partial charge in [0.15, 0.2) is 0 Å². The summed E-state index contributed by atoms with van der Waals surface area (Å²) in [5.41, 5.74) is 0.286. The van der Waals surface area contributed by atoms with E-state index in [9.17, 15) is 9.18 Å². The van der Waals surface area contributed by atoms with Crippen LogP contribution in [0, 0.1) is 11.7 Å². The van der Waals surface area contributed by atoms with Crippen molar-refractivity contribution < 1.29 is 13.9 Å². The van der Waals surface area contributed by atoms with Crippen LogP contribution in [0.5, 0.6) is 0 Å². The number of rotatable bonds is 3. The van der Waals surface area contributed by atoms with Crippen molar-refractivity contribution in [1.82, 2.24) is 0 Å². The maximum atomic E-state index is 13.6. The van der Waals surface area contributed by atoms with Gasteiger partial charge in [-0.2, -0.15) is 0 Å². The lowest BCUT2D eigenvalue weighted by atomic mass is 9.88. The van der Waals surface area contributed by atoms with Gasteiger partial charge in [0.25, 0.3) is 0 Å². The molecule has 1 unspecified atom stereocenters. The second kappa shape index (κ2) is 5.30. The first kappa shape index (κ1) is 13.0. The molecule has 0 aliphatic rings. The molecule has 88 valence electrons. The lowest BCUT2D eigenvalue weighted by Gasteiger charge is -2.19. The lowest BCUT2D eigenvalue weighted by molar-refractivity contribution is -0.143. The summed E-state index contributed by atoms with van der Waals surface area (Å²) in [6, 6.07) is 4.18. The molecule has 4 heteroatoms. The van der Waals surface area contributed by atoms with Gasteiger partial charge >= 0.3 is 5.97 Å². The Kier molecular flexibility index (Phi) is 4.30. The Labute approximate surface area is 99.4 Å². The van der Waals surface area contributed by atoms with E-state index in [1.54, 1.807) is 0 Å². The van der Waals surface area contributed by atoms with Crippen molar-refractivity contribution in [2.24, 2.45) is 5.92 Å². The summed E-state index contributed by atoms with van der Waals surface area (Å²) >= 11 is 5.79. The third kappa shape index (κ3) is 2.73. The van der Waals surface area contributed by atoms with Crippen LogP contribution in [-0.4, -0.2) is 13.1 Å². The molecule has 0 aromatic heterocycles. The van der Waals surface area contributed by atoms with Gasteiger partial charge in [-0.15, -0.1) is 0 Å². The Morgan fingerprint density at radius 3 is 2.56 bits per heavy atom. The van der Waals surface area contributed by atoms with Gasteiger partial charge in [-0.25, -0.2) is 4.39 Å². The van der Waals surface area contributed by atoms with Crippen molar-refractivity contribution in [3.05, 3.63) is 34.6 Å². The van der Waals surface area contributed by atoms with Crippen LogP contribution in [0.2, 0.25) is 5.02 Å². The standard InChI is InChI=1S/C12H14ClFO2/c1-7(2)11(12(15)16-3)9-6-8(13)4-5-10(9)14/h4-7,11H,1-3H3. The molecule has 2 nitrogen and oxygen atoms in total. The fourth-order valence-corrected chi connectivity index (χ4v) is 1.82. The summed E-state index contributed by atoms with van der Waals surface area (Å²) in [5.74, 6) is -1.56. The molecule has 16 heavy (non-hydrogen) atoms. The summed E-state index contributed by atoms with van der Waals surface area (Å²) in [6.45, 7) is 3.67. The van der Waals surface area contributed by atoms with Crippen molar-refractivity contribution in [2.75, 3.05) is 7.11 Å². The number of hydrogen-bond donors (Lipinski definition) is 0. The van der Waals surface area contributed by atoms with Crippen molar-refractivity contribution in [1.29, 1.82) is 0 Å². The van der Waals surface area contributed by atoms with E-state index in [1.807, 2.05) is 13.8 Å². The van der Waals surface area contributed by atoms with Gasteiger partial charge in [0.05, 0.1) is 13.0 Å². The minimum Gasteiger partial charge on any atom is -0.469 e. The third-order valence-corrected chi connectivity index (χ3v) is 2.65. The van der Waals surface area contributed by atoms with Gasteiger partial charge in [0, 0.05) is 10.6 Å². The molecule has 0 radical (unpaired) electrons. The van der Waals surface area contributed by atoms with Crippen molar-refractivity contribution in [2.45, 2.75) is 19.8 Å². The zero-order valence-electron chi connectivity index (χ0n) is 9.46. The van der Waals surface area contributed by atoms with E-state index in [0.29, 0.717) is 5.02 Å². The Bertz CT molecular complexity index is 391. The van der Waals surface area contributed by atoms with Crippen LogP contribution in [0.15, 0.2) is 18.2 Å². The summed E-state index contributed by atoms with van der Waals surface area (Å²) in [5, 5.41) is 0.408. The van der Waals surface area contributed by atoms with Crippen LogP contribution in [0.25, 0.3) is 0 Å². The molecule has 0 aliphatic carbocycles. The molecule has 0 bridgehead atoms. The SMILES string of the molecule is COC(=O)C(c1cc(Cl)ccc1F)C(C)C. The number of ether oxygens (including phenoxy) is 1. The smallest absolute Gasteiger partial charge is 0.313 e. The van der Waals surface area contributed by atoms with Crippen LogP contribution in [-0.2, 0) is 9.53 Å². The van der Waals surface area contributed by atoms with E-state index in [0.717, 1.165) is 0 Å². The number of methoxy groups -OCH3 is 1. The van der Waals surface area contributed by atoms with Crippen LogP contribution < -0.4 is 0 Å². The van der Waals surface area contributed by atoms with Crippen molar-refractivity contribution >= 4 is 17.6 Å². The van der Waals surface area contributed by atoms with E-state index in [1.165, 1.54) is 25.3 Å². The number of hydrogen-bond acceptors (Lipinski definition) is 2. The molecule has 0 amide bonds. The molecule has 1 aromatic rings. The minimum atomic E-state index is -0.622. The van der Waals surface area contributed by atoms with E-state index >= 15 is 0 Å². The van der Waals surface area contributed by atoms with E-state index in [4.69, 9.17) is 11.6 Å². The average molecular weight is 245 g/mol. The number of carbonyl (C=O) groups excluding carboxylic acids is 1. The Balaban J connectivity index is 3.20. The van der Waals surface area contributed by atoms with Gasteiger partial charge in [0.1, 0.15) is 5.82 Å². The number of halogens is 2. The lowest BCUT2D eigenvalue weighted by Crippen LogP contribution is -2.20. The Hall–Kier alpha value is -1.09. The average Bonchev–Trinajstić information content (AvgIpc) is 2.22. The number of carbonyl (C=O) groups is 1.